The maximum absolute atomic E-state index is 13.3. The topological polar surface area (TPSA) is 141 Å². The van der Waals surface area contributed by atoms with Crippen LogP contribution < -0.4 is 15.0 Å². The van der Waals surface area contributed by atoms with Crippen LogP contribution in [0.4, 0.5) is 11.4 Å². The number of aromatic hydroxyl groups is 1. The lowest BCUT2D eigenvalue weighted by Crippen LogP contribution is -2.33. The largest absolute Gasteiger partial charge is 0.508 e. The van der Waals surface area contributed by atoms with Crippen molar-refractivity contribution in [3.63, 3.8) is 0 Å². The zero-order chi connectivity index (χ0) is 27.1. The molecule has 4 rings (SSSR count). The van der Waals surface area contributed by atoms with Gasteiger partial charge in [0.1, 0.15) is 16.7 Å². The van der Waals surface area contributed by atoms with Gasteiger partial charge in [-0.15, -0.1) is 5.10 Å². The van der Waals surface area contributed by atoms with Gasteiger partial charge in [-0.2, -0.15) is 5.10 Å². The Morgan fingerprint density at radius 3 is 2.39 bits per heavy atom. The molecule has 1 heterocycles. The second kappa shape index (κ2) is 12.4. The minimum absolute atomic E-state index is 0.0470. The number of halogens is 1. The van der Waals surface area contributed by atoms with Crippen LogP contribution >= 0.6 is 27.7 Å². The first kappa shape index (κ1) is 26.9. The summed E-state index contributed by atoms with van der Waals surface area (Å²) < 4.78 is 5.99. The summed E-state index contributed by atoms with van der Waals surface area (Å²) in [6.45, 7) is -0.443. The Bertz CT molecular complexity index is 1380. The lowest BCUT2D eigenvalue weighted by Gasteiger charge is -2.16. The molecular formula is C26H21BrN4O6S. The Morgan fingerprint density at radius 2 is 1.74 bits per heavy atom. The molecule has 3 aromatic rings. The van der Waals surface area contributed by atoms with Gasteiger partial charge in [-0.1, -0.05) is 27.7 Å². The molecule has 0 spiro atoms. The van der Waals surface area contributed by atoms with Crippen molar-refractivity contribution < 1.29 is 29.3 Å². The Labute approximate surface area is 230 Å². The smallest absolute Gasteiger partial charge is 0.341 e. The van der Waals surface area contributed by atoms with E-state index in [9.17, 15) is 19.5 Å². The molecule has 38 heavy (non-hydrogen) atoms. The second-order valence-corrected chi connectivity index (χ2v) is 10.0. The van der Waals surface area contributed by atoms with Gasteiger partial charge in [0.25, 0.3) is 0 Å². The van der Waals surface area contributed by atoms with Crippen LogP contribution in [-0.2, 0) is 14.4 Å². The number of carboxylic acids is 1. The molecule has 0 radical (unpaired) electrons. The van der Waals surface area contributed by atoms with Gasteiger partial charge in [0.05, 0.1) is 11.9 Å². The summed E-state index contributed by atoms with van der Waals surface area (Å²) in [5.74, 6) is -1.28. The minimum atomic E-state index is -1.07. The van der Waals surface area contributed by atoms with Gasteiger partial charge < -0.3 is 20.3 Å². The van der Waals surface area contributed by atoms with Crippen LogP contribution in [0.3, 0.4) is 0 Å². The highest BCUT2D eigenvalue weighted by atomic mass is 79.9. The van der Waals surface area contributed by atoms with Crippen molar-refractivity contribution in [3.8, 4) is 11.5 Å². The van der Waals surface area contributed by atoms with Crippen molar-refractivity contribution in [2.24, 2.45) is 10.2 Å². The fraction of sp³-hybridized carbons (Fsp3) is 0.115. The fourth-order valence-corrected chi connectivity index (χ4v) is 4.71. The Morgan fingerprint density at radius 1 is 1.05 bits per heavy atom. The molecule has 3 aromatic carbocycles. The summed E-state index contributed by atoms with van der Waals surface area (Å²) >= 11 is 4.47. The highest BCUT2D eigenvalue weighted by Crippen LogP contribution is 2.34. The molecule has 2 amide bonds. The molecule has 0 aromatic heterocycles. The molecule has 1 aliphatic heterocycles. The van der Waals surface area contributed by atoms with Gasteiger partial charge in [0.2, 0.25) is 11.8 Å². The number of nitrogens with zero attached hydrogens (tertiary/aromatic N) is 3. The second-order valence-electron chi connectivity index (χ2n) is 7.93. The van der Waals surface area contributed by atoms with Crippen molar-refractivity contribution in [1.82, 2.24) is 0 Å². The number of thioether (sulfide) groups is 1. The van der Waals surface area contributed by atoms with Gasteiger partial charge in [-0.05, 0) is 78.4 Å². The predicted molar refractivity (Wildman–Crippen MR) is 149 cm³/mol. The molecule has 3 N–H and O–H groups in total. The van der Waals surface area contributed by atoms with Crippen LogP contribution in [0.25, 0.3) is 0 Å². The summed E-state index contributed by atoms with van der Waals surface area (Å²) in [4.78, 5) is 37.9. The standard InChI is InChI=1S/C26H21BrN4O6S/c27-17-3-5-18(6-4-17)29-23(33)13-22-25(36)31(19-7-9-20(32)10-8-19)26(38-22)30-28-14-16-1-11-21(12-2-16)37-15-24(34)35/h1-12,14,22,32H,13,15H2,(H,29,33)(H,34,35). The summed E-state index contributed by atoms with van der Waals surface area (Å²) in [5.41, 5.74) is 1.76. The molecular weight excluding hydrogens is 576 g/mol. The minimum Gasteiger partial charge on any atom is -0.508 e. The predicted octanol–water partition coefficient (Wildman–Crippen LogP) is 4.49. The maximum atomic E-state index is 13.3. The maximum Gasteiger partial charge on any atom is 0.341 e. The summed E-state index contributed by atoms with van der Waals surface area (Å²) in [7, 11) is 0. The molecule has 10 nitrogen and oxygen atoms in total. The first-order valence-electron chi connectivity index (χ1n) is 11.2. The van der Waals surface area contributed by atoms with E-state index >= 15 is 0 Å². The van der Waals surface area contributed by atoms with Gasteiger partial charge in [0, 0.05) is 16.6 Å². The highest BCUT2D eigenvalue weighted by Gasteiger charge is 2.40. The Kier molecular flexibility index (Phi) is 8.77. The molecule has 0 saturated carbocycles. The molecule has 1 saturated heterocycles. The van der Waals surface area contributed by atoms with Gasteiger partial charge in [-0.25, -0.2) is 4.79 Å². The van der Waals surface area contributed by atoms with E-state index in [1.165, 1.54) is 23.2 Å². The number of rotatable bonds is 9. The molecule has 0 bridgehead atoms. The van der Waals surface area contributed by atoms with Crippen LogP contribution in [0.15, 0.2) is 87.5 Å². The number of ether oxygens (including phenoxy) is 1. The number of benzene rings is 3. The van der Waals surface area contributed by atoms with E-state index in [0.29, 0.717) is 22.7 Å². The van der Waals surface area contributed by atoms with E-state index in [1.807, 2.05) is 0 Å². The number of anilines is 2. The SMILES string of the molecule is O=C(O)COc1ccc(C=NN=C2SC(CC(=O)Nc3ccc(Br)cc3)C(=O)N2c2ccc(O)cc2)cc1. The summed E-state index contributed by atoms with van der Waals surface area (Å²) in [5, 5.41) is 29.0. The third-order valence-corrected chi connectivity index (χ3v) is 6.79. The lowest BCUT2D eigenvalue weighted by atomic mass is 10.2. The Hall–Kier alpha value is -4.16. The highest BCUT2D eigenvalue weighted by molar-refractivity contribution is 9.10. The Balaban J connectivity index is 1.49. The number of phenols is 1. The molecule has 1 unspecified atom stereocenters. The van der Waals surface area contributed by atoms with E-state index in [-0.39, 0.29) is 29.2 Å². The van der Waals surface area contributed by atoms with Crippen LogP contribution in [-0.4, -0.2) is 51.2 Å². The van der Waals surface area contributed by atoms with E-state index in [1.54, 1.807) is 60.7 Å². The van der Waals surface area contributed by atoms with Crippen molar-refractivity contribution in [3.05, 3.63) is 82.8 Å². The quantitative estimate of drug-likeness (QED) is 0.244. The van der Waals surface area contributed by atoms with Gasteiger partial charge in [-0.3, -0.25) is 14.5 Å². The van der Waals surface area contributed by atoms with Crippen LogP contribution in [0.2, 0.25) is 0 Å². The molecule has 1 fully saturated rings. The number of carbonyl (C=O) groups is 3. The summed E-state index contributed by atoms with van der Waals surface area (Å²) in [6, 6.07) is 19.7. The van der Waals surface area contributed by atoms with E-state index < -0.39 is 17.8 Å². The van der Waals surface area contributed by atoms with Crippen molar-refractivity contribution >= 4 is 68.2 Å². The number of hydrogen-bond donors (Lipinski definition) is 3. The monoisotopic (exact) mass is 596 g/mol. The van der Waals surface area contributed by atoms with Gasteiger partial charge >= 0.3 is 5.97 Å². The third kappa shape index (κ3) is 7.20. The number of carbonyl (C=O) groups excluding carboxylic acids is 2. The molecule has 1 aliphatic rings. The van der Waals surface area contributed by atoms with Crippen molar-refractivity contribution in [2.45, 2.75) is 11.7 Å². The normalized spacial score (nSPS) is 16.2. The van der Waals surface area contributed by atoms with E-state index in [2.05, 4.69) is 31.4 Å². The molecule has 194 valence electrons. The zero-order valence-corrected chi connectivity index (χ0v) is 22.1. The van der Waals surface area contributed by atoms with Crippen molar-refractivity contribution in [2.75, 3.05) is 16.8 Å². The van der Waals surface area contributed by atoms with Gasteiger partial charge in [0.15, 0.2) is 11.8 Å². The van der Waals surface area contributed by atoms with Crippen LogP contribution in [0, 0.1) is 0 Å². The third-order valence-electron chi connectivity index (χ3n) is 5.13. The van der Waals surface area contributed by atoms with E-state index in [4.69, 9.17) is 9.84 Å². The average molecular weight is 597 g/mol. The number of carboxylic acid groups (broad SMARTS) is 1. The average Bonchev–Trinajstić information content (AvgIpc) is 3.19. The summed E-state index contributed by atoms with van der Waals surface area (Å²) in [6.07, 6.45) is 1.40. The molecule has 12 heteroatoms. The van der Waals surface area contributed by atoms with E-state index in [0.717, 1.165) is 16.2 Å². The lowest BCUT2D eigenvalue weighted by molar-refractivity contribution is -0.139. The first-order valence-corrected chi connectivity index (χ1v) is 12.9. The molecule has 1 atom stereocenters. The number of hydrogen-bond acceptors (Lipinski definition) is 8. The number of aliphatic carboxylic acids is 1. The first-order chi connectivity index (χ1) is 18.3. The molecule has 0 aliphatic carbocycles. The van der Waals surface area contributed by atoms with Crippen LogP contribution in [0.1, 0.15) is 12.0 Å². The number of nitrogens with one attached hydrogen (secondary N) is 1. The number of amides is 2. The number of amidine groups is 1. The van der Waals surface area contributed by atoms with Crippen molar-refractivity contribution in [1.29, 1.82) is 0 Å². The number of phenolic OH excluding ortho intramolecular Hbond substituents is 1. The van der Waals surface area contributed by atoms with Crippen LogP contribution in [0.5, 0.6) is 11.5 Å². The zero-order valence-electron chi connectivity index (χ0n) is 19.7. The fourth-order valence-electron chi connectivity index (χ4n) is 3.36.